The minimum Gasteiger partial charge on any atom is -0.450 e. The average molecular weight is 437 g/mol. The smallest absolute Gasteiger partial charge is 0.407 e. The second-order valence-electron chi connectivity index (χ2n) is 8.16. The van der Waals surface area contributed by atoms with Crippen molar-refractivity contribution in [3.05, 3.63) is 12.3 Å². The fraction of sp³-hybridized carbons (Fsp3) is 0.650. The number of carbonyl (C=O) groups excluding carboxylic acids is 4. The van der Waals surface area contributed by atoms with Gasteiger partial charge < -0.3 is 20.7 Å². The number of carbonyl (C=O) groups is 4. The highest BCUT2D eigenvalue weighted by molar-refractivity contribution is 6.44. The molecule has 0 saturated heterocycles. The zero-order valence-electron chi connectivity index (χ0n) is 17.5. The molecule has 1 unspecified atom stereocenters. The maximum atomic E-state index is 15.1. The minimum absolute atomic E-state index is 0.0944. The van der Waals surface area contributed by atoms with Gasteiger partial charge in [-0.3, -0.25) is 19.5 Å². The quantitative estimate of drug-likeness (QED) is 0.434. The topological polar surface area (TPSA) is 142 Å². The minimum atomic E-state index is -1.57. The first kappa shape index (κ1) is 22.7. The molecule has 2 fully saturated rings. The molecule has 2 aliphatic carbocycles. The Morgan fingerprint density at radius 1 is 1.19 bits per heavy atom. The first-order valence-corrected chi connectivity index (χ1v) is 10.6. The third kappa shape index (κ3) is 5.39. The lowest BCUT2D eigenvalue weighted by Crippen LogP contribution is -2.65. The summed E-state index contributed by atoms with van der Waals surface area (Å²) in [6.45, 7) is 1.71. The van der Waals surface area contributed by atoms with Gasteiger partial charge in [-0.25, -0.2) is 9.18 Å². The molecule has 1 atom stereocenters. The van der Waals surface area contributed by atoms with E-state index in [0.717, 1.165) is 0 Å². The number of alkyl carbamates (subject to hydrolysis) is 1. The number of aromatic nitrogens is 2. The van der Waals surface area contributed by atoms with Gasteiger partial charge in [0.1, 0.15) is 23.1 Å². The molecule has 1 aromatic rings. The predicted octanol–water partition coefficient (Wildman–Crippen LogP) is 1.74. The van der Waals surface area contributed by atoms with Crippen molar-refractivity contribution >= 4 is 29.5 Å². The monoisotopic (exact) mass is 437 g/mol. The molecule has 0 spiro atoms. The van der Waals surface area contributed by atoms with Gasteiger partial charge in [-0.05, 0) is 39.0 Å². The lowest BCUT2D eigenvalue weighted by Gasteiger charge is -2.41. The van der Waals surface area contributed by atoms with Gasteiger partial charge >= 0.3 is 6.09 Å². The van der Waals surface area contributed by atoms with Crippen molar-refractivity contribution in [3.8, 4) is 0 Å². The Bertz CT molecular complexity index is 818. The van der Waals surface area contributed by atoms with Crippen LogP contribution >= 0.6 is 0 Å². The van der Waals surface area contributed by atoms with Crippen LogP contribution in [0.3, 0.4) is 0 Å². The summed E-state index contributed by atoms with van der Waals surface area (Å²) >= 11 is 0. The summed E-state index contributed by atoms with van der Waals surface area (Å²) in [6.07, 6.45) is 3.59. The number of amides is 3. The van der Waals surface area contributed by atoms with Crippen LogP contribution in [0.1, 0.15) is 58.3 Å². The molecule has 10 nitrogen and oxygen atoms in total. The highest BCUT2D eigenvalue weighted by atomic mass is 19.1. The molecular weight excluding hydrogens is 409 g/mol. The lowest BCUT2D eigenvalue weighted by molar-refractivity contribution is -0.144. The Labute approximate surface area is 179 Å². The van der Waals surface area contributed by atoms with Crippen LogP contribution in [0.5, 0.6) is 0 Å². The molecule has 0 aliphatic heterocycles. The van der Waals surface area contributed by atoms with Crippen molar-refractivity contribution in [3.63, 3.8) is 0 Å². The van der Waals surface area contributed by atoms with E-state index in [1.54, 1.807) is 6.92 Å². The third-order valence-corrected chi connectivity index (χ3v) is 5.91. The Morgan fingerprint density at radius 3 is 2.45 bits per heavy atom. The first-order valence-electron chi connectivity index (χ1n) is 10.6. The van der Waals surface area contributed by atoms with Crippen molar-refractivity contribution in [2.45, 2.75) is 75.5 Å². The summed E-state index contributed by atoms with van der Waals surface area (Å²) in [7, 11) is 0. The molecule has 4 N–H and O–H groups in total. The molecule has 31 heavy (non-hydrogen) atoms. The number of nitrogens with one attached hydrogen (secondary N) is 4. The Balaban J connectivity index is 1.70. The van der Waals surface area contributed by atoms with Gasteiger partial charge in [0.15, 0.2) is 0 Å². The van der Waals surface area contributed by atoms with Crippen LogP contribution in [0, 0.1) is 0 Å². The van der Waals surface area contributed by atoms with Crippen LogP contribution in [0.4, 0.5) is 15.0 Å². The van der Waals surface area contributed by atoms with Gasteiger partial charge in [0.2, 0.25) is 11.7 Å². The number of ketones is 1. The summed E-state index contributed by atoms with van der Waals surface area (Å²) in [5.74, 6) is -2.15. The Kier molecular flexibility index (Phi) is 6.91. The van der Waals surface area contributed by atoms with Crippen LogP contribution in [-0.4, -0.2) is 57.7 Å². The second-order valence-corrected chi connectivity index (χ2v) is 8.16. The molecule has 170 valence electrons. The zero-order chi connectivity index (χ0) is 22.5. The van der Waals surface area contributed by atoms with E-state index >= 15 is 4.39 Å². The highest BCUT2D eigenvalue weighted by Crippen LogP contribution is 2.38. The average Bonchev–Trinajstić information content (AvgIpc) is 3.35. The summed E-state index contributed by atoms with van der Waals surface area (Å²) in [5, 5.41) is 13.6. The number of alkyl halides is 1. The number of hydrogen-bond donors (Lipinski definition) is 4. The van der Waals surface area contributed by atoms with E-state index in [2.05, 4.69) is 26.1 Å². The number of aromatic amines is 1. The van der Waals surface area contributed by atoms with Crippen LogP contribution in [0.15, 0.2) is 12.3 Å². The summed E-state index contributed by atoms with van der Waals surface area (Å²) in [6, 6.07) is 0.266. The molecule has 0 bridgehead atoms. The van der Waals surface area contributed by atoms with Crippen LogP contribution in [-0.2, 0) is 19.1 Å². The van der Waals surface area contributed by atoms with Gasteiger partial charge in [-0.15, -0.1) is 0 Å². The number of Topliss-reactive ketones (excluding diaryl/α,β-unsaturated/α-hetero) is 1. The van der Waals surface area contributed by atoms with E-state index in [-0.39, 0.29) is 31.7 Å². The number of H-pyrrole nitrogens is 1. The molecule has 0 radical (unpaired) electrons. The maximum Gasteiger partial charge on any atom is 0.407 e. The highest BCUT2D eigenvalue weighted by Gasteiger charge is 2.50. The molecule has 2 aliphatic rings. The number of nitrogens with zero attached hydrogens (tertiary/aromatic N) is 1. The molecule has 3 amide bonds. The van der Waals surface area contributed by atoms with Crippen LogP contribution in [0.2, 0.25) is 0 Å². The Morgan fingerprint density at radius 2 is 1.90 bits per heavy atom. The summed E-state index contributed by atoms with van der Waals surface area (Å²) < 4.78 is 19.9. The van der Waals surface area contributed by atoms with Crippen LogP contribution in [0.25, 0.3) is 0 Å². The number of anilines is 1. The van der Waals surface area contributed by atoms with E-state index in [9.17, 15) is 19.2 Å². The van der Waals surface area contributed by atoms with Gasteiger partial charge in [0, 0.05) is 12.5 Å². The van der Waals surface area contributed by atoms with Gasteiger partial charge in [-0.2, -0.15) is 5.10 Å². The Hall–Kier alpha value is -2.98. The number of ether oxygens (including phenoxy) is 1. The van der Waals surface area contributed by atoms with Crippen molar-refractivity contribution in [2.24, 2.45) is 0 Å². The number of halogens is 1. The maximum absolute atomic E-state index is 15.1. The third-order valence-electron chi connectivity index (χ3n) is 5.91. The first-order chi connectivity index (χ1) is 14.8. The predicted molar refractivity (Wildman–Crippen MR) is 108 cm³/mol. The van der Waals surface area contributed by atoms with Crippen molar-refractivity contribution in [1.82, 2.24) is 20.8 Å². The molecule has 1 aromatic heterocycles. The molecule has 11 heteroatoms. The summed E-state index contributed by atoms with van der Waals surface area (Å²) in [5.41, 5.74) is -2.95. The van der Waals surface area contributed by atoms with Crippen molar-refractivity contribution in [2.75, 3.05) is 11.9 Å². The van der Waals surface area contributed by atoms with Crippen molar-refractivity contribution in [1.29, 1.82) is 0 Å². The number of rotatable bonds is 9. The van der Waals surface area contributed by atoms with E-state index in [1.165, 1.54) is 12.3 Å². The normalized spacial score (nSPS) is 19.5. The van der Waals surface area contributed by atoms with Gasteiger partial charge in [-0.1, -0.05) is 12.8 Å². The van der Waals surface area contributed by atoms with Crippen LogP contribution < -0.4 is 16.0 Å². The zero-order valence-corrected chi connectivity index (χ0v) is 17.5. The molecule has 0 aromatic carbocycles. The van der Waals surface area contributed by atoms with Crippen molar-refractivity contribution < 1.29 is 28.3 Å². The molecule has 2 saturated carbocycles. The summed E-state index contributed by atoms with van der Waals surface area (Å²) in [4.78, 5) is 50.1. The second kappa shape index (κ2) is 9.44. The molecule has 3 rings (SSSR count). The van der Waals surface area contributed by atoms with Gasteiger partial charge in [0.25, 0.3) is 5.91 Å². The number of hydrogen-bond acceptors (Lipinski definition) is 6. The largest absolute Gasteiger partial charge is 0.450 e. The van der Waals surface area contributed by atoms with Gasteiger partial charge in [0.05, 0.1) is 12.8 Å². The standard InChI is InChI=1S/C20H28FN5O5/c1-2-31-18(30)23-13(12-19(21)7-3-4-8-19)16(28)25-20(9-5-10-20)15(27)17(29)24-14-6-11-22-26-14/h6,11,13H,2-5,7-10,12H2,1H3,(H,23,30)(H,25,28)(H2,22,24,26,29). The SMILES string of the molecule is CCOC(=O)NC(CC1(F)CCCC1)C(=O)NC1(C(=O)C(=O)Nc2ccn[nH]2)CCC1. The fourth-order valence-electron chi connectivity index (χ4n) is 4.09. The van der Waals surface area contributed by atoms with E-state index < -0.39 is 40.9 Å². The van der Waals surface area contributed by atoms with E-state index in [4.69, 9.17) is 4.74 Å². The fourth-order valence-corrected chi connectivity index (χ4v) is 4.09. The van der Waals surface area contributed by atoms with E-state index in [0.29, 0.717) is 32.1 Å². The molecular formula is C20H28FN5O5. The molecule has 1 heterocycles. The van der Waals surface area contributed by atoms with E-state index in [1.807, 2.05) is 0 Å². The lowest BCUT2D eigenvalue weighted by atomic mass is 9.73.